The minimum Gasteiger partial charge on any atom is -0.347 e. The van der Waals surface area contributed by atoms with Crippen LogP contribution >= 0.6 is 11.6 Å². The molecule has 108 valence electrons. The number of nitrogens with zero attached hydrogens (tertiary/aromatic N) is 1. The fourth-order valence-electron chi connectivity index (χ4n) is 2.13. The van der Waals surface area contributed by atoms with Gasteiger partial charge in [-0.3, -0.25) is 4.79 Å². The first kappa shape index (κ1) is 16.1. The molecule has 0 saturated carbocycles. The van der Waals surface area contributed by atoms with Crippen LogP contribution in [-0.4, -0.2) is 23.1 Å². The Balaban J connectivity index is 2.76. The predicted octanol–water partition coefficient (Wildman–Crippen LogP) is 2.65. The Morgan fingerprint density at radius 2 is 2.21 bits per heavy atom. The standard InChI is InChI=1S/C14H24ClN3O/c1-4-5-18-9-11(15)7-13(18)14(19)17-12(8-16)6-10(2)3/h7,9-10,12H,4-6,8,16H2,1-3H3,(H,17,19). The van der Waals surface area contributed by atoms with Gasteiger partial charge in [0.15, 0.2) is 0 Å². The summed E-state index contributed by atoms with van der Waals surface area (Å²) >= 11 is 5.97. The minimum atomic E-state index is -0.101. The molecule has 19 heavy (non-hydrogen) atoms. The van der Waals surface area contributed by atoms with E-state index in [1.54, 1.807) is 12.3 Å². The number of hydrogen-bond donors (Lipinski definition) is 2. The van der Waals surface area contributed by atoms with E-state index in [1.807, 2.05) is 4.57 Å². The van der Waals surface area contributed by atoms with Crippen LogP contribution in [0.1, 0.15) is 44.1 Å². The third-order valence-electron chi connectivity index (χ3n) is 2.94. The number of amides is 1. The molecule has 1 unspecified atom stereocenters. The number of hydrogen-bond acceptors (Lipinski definition) is 2. The van der Waals surface area contributed by atoms with E-state index in [0.29, 0.717) is 23.2 Å². The maximum absolute atomic E-state index is 12.3. The summed E-state index contributed by atoms with van der Waals surface area (Å²) in [6.45, 7) is 7.53. The van der Waals surface area contributed by atoms with E-state index in [2.05, 4.69) is 26.1 Å². The molecule has 3 N–H and O–H groups in total. The molecule has 1 aromatic heterocycles. The van der Waals surface area contributed by atoms with E-state index >= 15 is 0 Å². The first-order valence-electron chi connectivity index (χ1n) is 6.84. The average molecular weight is 286 g/mol. The summed E-state index contributed by atoms with van der Waals surface area (Å²) in [5.74, 6) is 0.399. The molecule has 1 heterocycles. The predicted molar refractivity (Wildman–Crippen MR) is 79.5 cm³/mol. The van der Waals surface area contributed by atoms with Crippen LogP contribution in [0.25, 0.3) is 0 Å². The smallest absolute Gasteiger partial charge is 0.268 e. The molecule has 0 saturated heterocycles. The number of halogens is 1. The molecule has 4 nitrogen and oxygen atoms in total. The lowest BCUT2D eigenvalue weighted by atomic mass is 10.0. The van der Waals surface area contributed by atoms with Crippen molar-refractivity contribution in [2.75, 3.05) is 6.54 Å². The Labute approximate surface area is 120 Å². The lowest BCUT2D eigenvalue weighted by molar-refractivity contribution is 0.0924. The Kier molecular flexibility index (Phi) is 6.38. The van der Waals surface area contributed by atoms with Crippen molar-refractivity contribution in [2.24, 2.45) is 11.7 Å². The van der Waals surface area contributed by atoms with Crippen LogP contribution in [0.2, 0.25) is 5.02 Å². The van der Waals surface area contributed by atoms with E-state index in [0.717, 1.165) is 19.4 Å². The monoisotopic (exact) mass is 285 g/mol. The first-order valence-corrected chi connectivity index (χ1v) is 7.22. The molecule has 0 fully saturated rings. The van der Waals surface area contributed by atoms with Gasteiger partial charge < -0.3 is 15.6 Å². The summed E-state index contributed by atoms with van der Waals surface area (Å²) in [4.78, 5) is 12.3. The number of nitrogens with two attached hydrogens (primary N) is 1. The molecule has 1 amide bonds. The van der Waals surface area contributed by atoms with Crippen LogP contribution in [0.5, 0.6) is 0 Å². The molecular formula is C14H24ClN3O. The van der Waals surface area contributed by atoms with Gasteiger partial charge in [0, 0.05) is 25.3 Å². The van der Waals surface area contributed by atoms with Gasteiger partial charge in [0.1, 0.15) is 5.69 Å². The largest absolute Gasteiger partial charge is 0.347 e. The van der Waals surface area contributed by atoms with Crippen LogP contribution in [0.4, 0.5) is 0 Å². The number of aromatic nitrogens is 1. The topological polar surface area (TPSA) is 60.0 Å². The zero-order valence-corrected chi connectivity index (χ0v) is 12.7. The molecule has 1 rings (SSSR count). The zero-order valence-electron chi connectivity index (χ0n) is 11.9. The molecular weight excluding hydrogens is 262 g/mol. The highest BCUT2D eigenvalue weighted by molar-refractivity contribution is 6.31. The van der Waals surface area contributed by atoms with Gasteiger partial charge >= 0.3 is 0 Å². The molecule has 0 aliphatic rings. The summed E-state index contributed by atoms with van der Waals surface area (Å²) in [7, 11) is 0. The van der Waals surface area contributed by atoms with Crippen molar-refractivity contribution < 1.29 is 4.79 Å². The van der Waals surface area contributed by atoms with Crippen molar-refractivity contribution in [3.63, 3.8) is 0 Å². The lowest BCUT2D eigenvalue weighted by Crippen LogP contribution is -2.41. The molecule has 1 atom stereocenters. The molecule has 0 aliphatic carbocycles. The second kappa shape index (κ2) is 7.56. The Morgan fingerprint density at radius 1 is 1.53 bits per heavy atom. The molecule has 0 bridgehead atoms. The highest BCUT2D eigenvalue weighted by atomic mass is 35.5. The minimum absolute atomic E-state index is 0.0104. The van der Waals surface area contributed by atoms with Gasteiger partial charge in [0.05, 0.1) is 5.02 Å². The Morgan fingerprint density at radius 3 is 2.74 bits per heavy atom. The Hall–Kier alpha value is -1.00. The van der Waals surface area contributed by atoms with Gasteiger partial charge in [-0.15, -0.1) is 0 Å². The normalized spacial score (nSPS) is 12.7. The molecule has 0 spiro atoms. The third-order valence-corrected chi connectivity index (χ3v) is 3.14. The first-order chi connectivity index (χ1) is 8.97. The van der Waals surface area contributed by atoms with E-state index in [-0.39, 0.29) is 11.9 Å². The lowest BCUT2D eigenvalue weighted by Gasteiger charge is -2.19. The summed E-state index contributed by atoms with van der Waals surface area (Å²) in [5, 5.41) is 3.57. The van der Waals surface area contributed by atoms with E-state index in [1.165, 1.54) is 0 Å². The van der Waals surface area contributed by atoms with Crippen molar-refractivity contribution in [3.05, 3.63) is 23.0 Å². The highest BCUT2D eigenvalue weighted by Gasteiger charge is 2.17. The van der Waals surface area contributed by atoms with Crippen molar-refractivity contribution in [1.29, 1.82) is 0 Å². The number of rotatable bonds is 7. The molecule has 0 radical (unpaired) electrons. The molecule has 0 aliphatic heterocycles. The molecule has 1 aromatic rings. The van der Waals surface area contributed by atoms with E-state index in [4.69, 9.17) is 17.3 Å². The number of carbonyl (C=O) groups excluding carboxylic acids is 1. The fraction of sp³-hybridized carbons (Fsp3) is 0.643. The maximum atomic E-state index is 12.3. The van der Waals surface area contributed by atoms with Crippen LogP contribution < -0.4 is 11.1 Å². The zero-order chi connectivity index (χ0) is 14.4. The van der Waals surface area contributed by atoms with Crippen molar-refractivity contribution in [2.45, 2.75) is 46.2 Å². The van der Waals surface area contributed by atoms with Crippen molar-refractivity contribution in [1.82, 2.24) is 9.88 Å². The summed E-state index contributed by atoms with van der Waals surface area (Å²) < 4.78 is 1.89. The summed E-state index contributed by atoms with van der Waals surface area (Å²) in [6, 6.07) is 1.71. The van der Waals surface area contributed by atoms with Gasteiger partial charge in [0.2, 0.25) is 0 Å². The highest BCUT2D eigenvalue weighted by Crippen LogP contribution is 2.15. The molecule has 0 aromatic carbocycles. The van der Waals surface area contributed by atoms with Gasteiger partial charge in [-0.1, -0.05) is 32.4 Å². The second-order valence-corrected chi connectivity index (χ2v) is 5.71. The third kappa shape index (κ3) is 4.88. The number of aryl methyl sites for hydroxylation is 1. The van der Waals surface area contributed by atoms with Crippen LogP contribution in [-0.2, 0) is 6.54 Å². The van der Waals surface area contributed by atoms with Crippen LogP contribution in [0.3, 0.4) is 0 Å². The van der Waals surface area contributed by atoms with Crippen molar-refractivity contribution in [3.8, 4) is 0 Å². The average Bonchev–Trinajstić information content (AvgIpc) is 2.69. The van der Waals surface area contributed by atoms with Gasteiger partial charge in [-0.05, 0) is 24.8 Å². The quantitative estimate of drug-likeness (QED) is 0.809. The second-order valence-electron chi connectivity index (χ2n) is 5.27. The summed E-state index contributed by atoms with van der Waals surface area (Å²) in [6.07, 6.45) is 3.63. The van der Waals surface area contributed by atoms with Crippen molar-refractivity contribution >= 4 is 17.5 Å². The summed E-state index contributed by atoms with van der Waals surface area (Å²) in [5.41, 5.74) is 6.31. The SMILES string of the molecule is CCCn1cc(Cl)cc1C(=O)NC(CN)CC(C)C. The van der Waals surface area contributed by atoms with Gasteiger partial charge in [0.25, 0.3) is 5.91 Å². The maximum Gasteiger partial charge on any atom is 0.268 e. The van der Waals surface area contributed by atoms with E-state index < -0.39 is 0 Å². The number of nitrogens with one attached hydrogen (secondary N) is 1. The number of carbonyl (C=O) groups is 1. The van der Waals surface area contributed by atoms with Crippen LogP contribution in [0, 0.1) is 5.92 Å². The van der Waals surface area contributed by atoms with E-state index in [9.17, 15) is 4.79 Å². The van der Waals surface area contributed by atoms with Gasteiger partial charge in [-0.2, -0.15) is 0 Å². The van der Waals surface area contributed by atoms with Gasteiger partial charge in [-0.25, -0.2) is 0 Å². The van der Waals surface area contributed by atoms with Crippen LogP contribution in [0.15, 0.2) is 12.3 Å². The molecule has 5 heteroatoms. The Bertz CT molecular complexity index is 415. The fourth-order valence-corrected chi connectivity index (χ4v) is 2.35.